The summed E-state index contributed by atoms with van der Waals surface area (Å²) in [7, 11) is 0. The summed E-state index contributed by atoms with van der Waals surface area (Å²) in [6.07, 6.45) is -12.9. The highest BCUT2D eigenvalue weighted by atomic mass is 16.7. The van der Waals surface area contributed by atoms with Gasteiger partial charge in [0, 0.05) is 41.5 Å². The molecule has 9 rings (SSSR count). The molecule has 0 amide bonds. The molecule has 0 radical (unpaired) electrons. The van der Waals surface area contributed by atoms with Gasteiger partial charge in [-0.25, -0.2) is 0 Å². The number of hydrogen-bond donors (Lipinski definition) is 10. The van der Waals surface area contributed by atoms with E-state index < -0.39 is 98.3 Å². The third-order valence-corrected chi connectivity index (χ3v) is 12.0. The number of H-pyrrole nitrogens is 1. The first-order valence-corrected chi connectivity index (χ1v) is 20.7. The summed E-state index contributed by atoms with van der Waals surface area (Å²) in [6.45, 7) is -1.18. The Morgan fingerprint density at radius 1 is 0.954 bits per heavy atom. The molecular weight excluding hydrogens is 853 g/mol. The molecule has 6 heterocycles. The smallest absolute Gasteiger partial charge is 0.317 e. The van der Waals surface area contributed by atoms with E-state index in [1.807, 2.05) is 47.2 Å². The normalized spacial score (nSPS) is 26.9. The summed E-state index contributed by atoms with van der Waals surface area (Å²) in [5.41, 5.74) is 15.6. The molecule has 342 valence electrons. The number of nitrogens with one attached hydrogen (secondary N) is 1. The molecule has 1 fully saturated rings. The van der Waals surface area contributed by atoms with Crippen LogP contribution >= 0.6 is 0 Å². The Morgan fingerprint density at radius 3 is 2.49 bits per heavy atom. The van der Waals surface area contributed by atoms with Crippen LogP contribution < -0.4 is 35.2 Å². The Kier molecular flexibility index (Phi) is 12.1. The highest BCUT2D eigenvalue weighted by molar-refractivity contribution is 5.90. The lowest BCUT2D eigenvalue weighted by atomic mass is 9.76. The van der Waals surface area contributed by atoms with Gasteiger partial charge in [0.1, 0.15) is 67.3 Å². The largest absolute Gasteiger partial charge is 0.487 e. The summed E-state index contributed by atoms with van der Waals surface area (Å²) in [5, 5.41) is 74.7. The van der Waals surface area contributed by atoms with Gasteiger partial charge in [0.2, 0.25) is 12.0 Å². The Morgan fingerprint density at radius 2 is 1.75 bits per heavy atom. The zero-order valence-electron chi connectivity index (χ0n) is 34.3. The number of carboxylic acids is 1. The van der Waals surface area contributed by atoms with Crippen molar-refractivity contribution in [3.05, 3.63) is 101 Å². The van der Waals surface area contributed by atoms with Crippen molar-refractivity contribution >= 4 is 22.8 Å². The SMILES string of the molecule is NC(N)[C@H](OC(=O)CC(=O)O)[C@H]1O[C@@H](Oc2cc(Cn3cc4cc[nH]c4c3CO)c3c(c2)O[C@@H]2[C@H]4c5ccc(OCO)c(c5O[C@@H]34)OC[C@H](O)C#C[C@H]2c2ccccc2)[C@H](O)[C@@H](O)[C@@H]1O. The maximum absolute atomic E-state index is 12.4. The maximum Gasteiger partial charge on any atom is 0.317 e. The second-order valence-electron chi connectivity index (χ2n) is 16.1. The van der Waals surface area contributed by atoms with Crippen LogP contribution in [0.3, 0.4) is 0 Å². The topological polar surface area (TPSA) is 313 Å². The number of hydrogen-bond acceptors (Lipinski definition) is 17. The predicted molar refractivity (Wildman–Crippen MR) is 223 cm³/mol. The number of aliphatic hydroxyl groups excluding tert-OH is 6. The number of benzene rings is 3. The van der Waals surface area contributed by atoms with E-state index in [4.69, 9.17) is 49.7 Å². The number of aliphatic carboxylic acids is 1. The molecule has 5 aromatic rings. The van der Waals surface area contributed by atoms with Crippen LogP contribution in [0.4, 0.5) is 0 Å². The first-order chi connectivity index (χ1) is 31.3. The van der Waals surface area contributed by atoms with Gasteiger partial charge < -0.3 is 89.9 Å². The molecule has 4 aliphatic rings. The van der Waals surface area contributed by atoms with Gasteiger partial charge in [-0.05, 0) is 29.3 Å². The number of carboxylic acid groups (broad SMARTS) is 1. The second-order valence-corrected chi connectivity index (χ2v) is 16.1. The number of esters is 1. The summed E-state index contributed by atoms with van der Waals surface area (Å²) in [6, 6.07) is 17.8. The molecule has 0 aliphatic carbocycles. The van der Waals surface area contributed by atoms with Gasteiger partial charge in [0.05, 0.1) is 35.8 Å². The third-order valence-electron chi connectivity index (χ3n) is 12.0. The van der Waals surface area contributed by atoms with E-state index in [2.05, 4.69) is 16.8 Å². The van der Waals surface area contributed by atoms with Gasteiger partial charge in [-0.15, -0.1) is 0 Å². The molecule has 11 atom stereocenters. The Hall–Kier alpha value is -6.38. The van der Waals surface area contributed by atoms with E-state index >= 15 is 0 Å². The highest BCUT2D eigenvalue weighted by Gasteiger charge is 2.53. The second kappa shape index (κ2) is 17.9. The van der Waals surface area contributed by atoms with E-state index in [9.17, 15) is 40.2 Å². The average Bonchev–Trinajstić information content (AvgIpc) is 3.98. The fourth-order valence-corrected chi connectivity index (χ4v) is 9.07. The van der Waals surface area contributed by atoms with E-state index in [1.165, 1.54) is 6.07 Å². The van der Waals surface area contributed by atoms with Gasteiger partial charge in [0.25, 0.3) is 0 Å². The van der Waals surface area contributed by atoms with E-state index in [0.717, 1.165) is 10.9 Å². The summed E-state index contributed by atoms with van der Waals surface area (Å²) in [5.74, 6) is 2.97. The molecular formula is C45H46N4O16. The number of aromatic nitrogens is 2. The molecule has 20 nitrogen and oxygen atoms in total. The number of carbonyl (C=O) groups excluding carboxylic acids is 1. The van der Waals surface area contributed by atoms with Crippen LogP contribution in [0.5, 0.6) is 28.7 Å². The van der Waals surface area contributed by atoms with Crippen molar-refractivity contribution in [3.63, 3.8) is 0 Å². The number of nitrogens with zero attached hydrogens (tertiary/aromatic N) is 1. The van der Waals surface area contributed by atoms with Crippen molar-refractivity contribution in [2.45, 2.75) is 92.7 Å². The number of nitrogens with two attached hydrogens (primary N) is 2. The van der Waals surface area contributed by atoms with Crippen LogP contribution in [0.1, 0.15) is 52.3 Å². The lowest BCUT2D eigenvalue weighted by Crippen LogP contribution is -2.66. The number of aliphatic hydroxyl groups is 6. The van der Waals surface area contributed by atoms with Crippen LogP contribution in [-0.2, 0) is 32.2 Å². The standard InChI is InChI=1S/C45H46N4O16/c46-44(47)43(63-31(55)14-30(53)54)42-36(57)35(56)37(58)45(65-42)61-24-12-22(16-49-15-21-10-11-48-34(21)27(49)17-50)32-29(13-24)62-38-25(20-4-2-1-3-5-20)7-6-23(52)18-59-40-28(60-19-51)9-8-26-33(38)41(32)64-39(26)40/h1-5,8-13,15,23,25,33,35-38,41-45,48,50-52,56-58H,14,16-19,46-47H2,(H,53,54)/t23-,25+,33-,35+,36+,37-,38+,41+,42+,43-,45-/m1/s1. The molecule has 12 N–H and O–H groups in total. The zero-order valence-corrected chi connectivity index (χ0v) is 34.3. The molecule has 2 aromatic heterocycles. The Bertz CT molecular complexity index is 2640. The van der Waals surface area contributed by atoms with Gasteiger partial charge in [-0.1, -0.05) is 48.2 Å². The van der Waals surface area contributed by atoms with Gasteiger partial charge in [-0.2, -0.15) is 0 Å². The van der Waals surface area contributed by atoms with Crippen LogP contribution in [0.15, 0.2) is 73.1 Å². The average molecular weight is 899 g/mol. The molecule has 4 aliphatic heterocycles. The van der Waals surface area contributed by atoms with Crippen LogP contribution in [-0.4, -0.2) is 126 Å². The maximum atomic E-state index is 12.4. The first-order valence-electron chi connectivity index (χ1n) is 20.7. The quantitative estimate of drug-likeness (QED) is 0.0326. The number of fused-ring (bicyclic) bond motifs is 3. The lowest BCUT2D eigenvalue weighted by Gasteiger charge is -2.43. The predicted octanol–water partition coefficient (Wildman–Crippen LogP) is 0.174. The molecule has 3 aromatic carbocycles. The van der Waals surface area contributed by atoms with Gasteiger partial charge >= 0.3 is 11.9 Å². The van der Waals surface area contributed by atoms with Crippen molar-refractivity contribution in [2.24, 2.45) is 11.5 Å². The van der Waals surface area contributed by atoms with Crippen LogP contribution in [0, 0.1) is 11.8 Å². The minimum Gasteiger partial charge on any atom is -0.487 e. The van der Waals surface area contributed by atoms with E-state index in [-0.39, 0.29) is 42.8 Å². The van der Waals surface area contributed by atoms with E-state index in [0.29, 0.717) is 33.7 Å². The fraction of sp³-hybridized carbons (Fsp3) is 0.378. The minimum absolute atomic E-state index is 0.0131. The molecule has 65 heavy (non-hydrogen) atoms. The van der Waals surface area contributed by atoms with Crippen LogP contribution in [0.25, 0.3) is 10.9 Å². The van der Waals surface area contributed by atoms with Crippen LogP contribution in [0.2, 0.25) is 0 Å². The molecule has 4 bridgehead atoms. The van der Waals surface area contributed by atoms with Gasteiger partial charge in [0.15, 0.2) is 24.4 Å². The summed E-state index contributed by atoms with van der Waals surface area (Å²) in [4.78, 5) is 26.8. The first kappa shape index (κ1) is 43.9. The van der Waals surface area contributed by atoms with Crippen molar-refractivity contribution in [1.82, 2.24) is 9.55 Å². The fourth-order valence-electron chi connectivity index (χ4n) is 9.07. The molecule has 1 saturated heterocycles. The van der Waals surface area contributed by atoms with Crippen molar-refractivity contribution in [3.8, 4) is 40.6 Å². The number of carbonyl (C=O) groups is 2. The number of rotatable bonds is 13. The van der Waals surface area contributed by atoms with Crippen molar-refractivity contribution < 1.29 is 78.5 Å². The highest BCUT2D eigenvalue weighted by Crippen LogP contribution is 2.61. The number of aromatic amines is 1. The molecule has 0 spiro atoms. The lowest BCUT2D eigenvalue weighted by molar-refractivity contribution is -0.291. The monoisotopic (exact) mass is 898 g/mol. The summed E-state index contributed by atoms with van der Waals surface area (Å²) >= 11 is 0. The molecule has 0 saturated carbocycles. The number of ether oxygens (including phenoxy) is 7. The van der Waals surface area contributed by atoms with Crippen molar-refractivity contribution in [2.75, 3.05) is 13.4 Å². The van der Waals surface area contributed by atoms with Gasteiger partial charge in [-0.3, -0.25) is 9.59 Å². The molecule has 0 unspecified atom stereocenters. The minimum atomic E-state index is -1.97. The Labute approximate surface area is 369 Å². The molecule has 20 heteroatoms. The Balaban J connectivity index is 1.18. The summed E-state index contributed by atoms with van der Waals surface area (Å²) < 4.78 is 45.0. The van der Waals surface area contributed by atoms with E-state index in [1.54, 1.807) is 24.4 Å². The third kappa shape index (κ3) is 8.18. The van der Waals surface area contributed by atoms with Crippen molar-refractivity contribution in [1.29, 1.82) is 0 Å². The zero-order chi connectivity index (χ0) is 45.7.